The van der Waals surface area contributed by atoms with Crippen LogP contribution in [0.25, 0.3) is 0 Å². The van der Waals surface area contributed by atoms with Crippen LogP contribution in [0.1, 0.15) is 18.9 Å². The van der Waals surface area contributed by atoms with E-state index < -0.39 is 34.7 Å². The van der Waals surface area contributed by atoms with E-state index >= 15 is 0 Å². The fourth-order valence-electron chi connectivity index (χ4n) is 1.88. The number of amides is 3. The summed E-state index contributed by atoms with van der Waals surface area (Å²) in [6, 6.07) is 4.19. The highest BCUT2D eigenvalue weighted by Crippen LogP contribution is 2.31. The van der Waals surface area contributed by atoms with Crippen LogP contribution in [0.15, 0.2) is 29.4 Å². The summed E-state index contributed by atoms with van der Waals surface area (Å²) in [5.74, 6) is -1.52. The zero-order valence-electron chi connectivity index (χ0n) is 12.8. The molecule has 1 heterocycles. The Morgan fingerprint density at radius 2 is 2.08 bits per heavy atom. The van der Waals surface area contributed by atoms with E-state index in [1.54, 1.807) is 0 Å². The van der Waals surface area contributed by atoms with E-state index in [4.69, 9.17) is 0 Å². The quantitative estimate of drug-likeness (QED) is 0.698. The molecule has 0 spiro atoms. The van der Waals surface area contributed by atoms with E-state index in [0.29, 0.717) is 0 Å². The number of carbonyl (C=O) groups is 3. The highest BCUT2D eigenvalue weighted by atomic mass is 32.2. The van der Waals surface area contributed by atoms with Crippen LogP contribution in [-0.2, 0) is 20.6 Å². The van der Waals surface area contributed by atoms with E-state index in [9.17, 15) is 27.6 Å². The molecule has 0 bridgehead atoms. The molecule has 2 rings (SSSR count). The summed E-state index contributed by atoms with van der Waals surface area (Å²) in [6.45, 7) is 1.24. The van der Waals surface area contributed by atoms with Gasteiger partial charge in [0.1, 0.15) is 5.25 Å². The van der Waals surface area contributed by atoms with Crippen LogP contribution in [0.5, 0.6) is 0 Å². The number of nitrogens with one attached hydrogen (secondary N) is 3. The van der Waals surface area contributed by atoms with Crippen LogP contribution in [0, 0.1) is 0 Å². The number of nitrogens with zero attached hydrogens (tertiary/aromatic N) is 1. The normalized spacial score (nSPS) is 18.8. The molecule has 1 aromatic rings. The third-order valence-corrected chi connectivity index (χ3v) is 4.02. The molecule has 25 heavy (non-hydrogen) atoms. The second-order valence-electron chi connectivity index (χ2n) is 5.01. The minimum Gasteiger partial charge on any atom is -0.326 e. The van der Waals surface area contributed by atoms with Crippen LogP contribution in [0.3, 0.4) is 0 Å². The smallest absolute Gasteiger partial charge is 0.326 e. The van der Waals surface area contributed by atoms with Crippen molar-refractivity contribution in [3.63, 3.8) is 0 Å². The van der Waals surface area contributed by atoms with Gasteiger partial charge >= 0.3 is 6.18 Å². The maximum absolute atomic E-state index is 12.6. The summed E-state index contributed by atoms with van der Waals surface area (Å²) in [5, 5.41) is 7.70. The molecule has 1 saturated heterocycles. The number of anilines is 1. The Hall–Kier alpha value is -2.56. The van der Waals surface area contributed by atoms with Crippen LogP contribution in [-0.4, -0.2) is 28.1 Å². The Morgan fingerprint density at radius 1 is 1.36 bits per heavy atom. The first-order valence-electron chi connectivity index (χ1n) is 6.94. The van der Waals surface area contributed by atoms with Crippen molar-refractivity contribution in [2.24, 2.45) is 5.10 Å². The summed E-state index contributed by atoms with van der Waals surface area (Å²) >= 11 is 0.941. The molecule has 1 aliphatic rings. The lowest BCUT2D eigenvalue weighted by atomic mass is 10.2. The number of hydrazone groups is 1. The third kappa shape index (κ3) is 5.48. The van der Waals surface area contributed by atoms with E-state index in [0.717, 1.165) is 23.9 Å². The first kappa shape index (κ1) is 18.8. The molecular weight excluding hydrogens is 361 g/mol. The Balaban J connectivity index is 1.96. The summed E-state index contributed by atoms with van der Waals surface area (Å²) in [4.78, 5) is 34.5. The van der Waals surface area contributed by atoms with E-state index in [2.05, 4.69) is 21.2 Å². The number of rotatable bonds is 4. The van der Waals surface area contributed by atoms with E-state index in [1.807, 2.05) is 0 Å². The lowest BCUT2D eigenvalue weighted by Crippen LogP contribution is -2.29. The van der Waals surface area contributed by atoms with E-state index in [1.165, 1.54) is 19.1 Å². The Kier molecular flexibility index (Phi) is 5.67. The van der Waals surface area contributed by atoms with Gasteiger partial charge in [-0.3, -0.25) is 14.4 Å². The zero-order valence-corrected chi connectivity index (χ0v) is 13.6. The van der Waals surface area contributed by atoms with Crippen LogP contribution in [0.4, 0.5) is 18.9 Å². The minimum absolute atomic E-state index is 0.0182. The molecular formula is C14H13F3N4O3S. The largest absolute Gasteiger partial charge is 0.416 e. The molecule has 3 amide bonds. The second kappa shape index (κ2) is 7.55. The average molecular weight is 374 g/mol. The third-order valence-electron chi connectivity index (χ3n) is 2.94. The van der Waals surface area contributed by atoms with Gasteiger partial charge < -0.3 is 10.6 Å². The molecule has 0 unspecified atom stereocenters. The summed E-state index contributed by atoms with van der Waals surface area (Å²) in [7, 11) is 0. The molecule has 1 aliphatic heterocycles. The monoisotopic (exact) mass is 374 g/mol. The van der Waals surface area contributed by atoms with Crippen molar-refractivity contribution in [1.29, 1.82) is 0 Å². The van der Waals surface area contributed by atoms with Crippen LogP contribution < -0.4 is 16.1 Å². The fourth-order valence-corrected chi connectivity index (χ4v) is 2.80. The average Bonchev–Trinajstić information content (AvgIpc) is 2.84. The van der Waals surface area contributed by atoms with Crippen molar-refractivity contribution in [1.82, 2.24) is 10.7 Å². The Bertz CT molecular complexity index is 736. The molecule has 1 fully saturated rings. The van der Waals surface area contributed by atoms with Gasteiger partial charge in [0.2, 0.25) is 17.7 Å². The SMILES string of the molecule is CC(=O)N/N=C1\NC(=O)[C@H](CC(=O)Nc2cccc(C(F)(F)F)c2)S1. The molecule has 1 aromatic carbocycles. The van der Waals surface area contributed by atoms with Gasteiger partial charge in [0.15, 0.2) is 5.17 Å². The molecule has 0 aliphatic carbocycles. The zero-order chi connectivity index (χ0) is 18.6. The number of hydrogen-bond donors (Lipinski definition) is 3. The predicted molar refractivity (Wildman–Crippen MR) is 85.5 cm³/mol. The number of carbonyl (C=O) groups excluding carboxylic acids is 3. The van der Waals surface area contributed by atoms with Gasteiger partial charge in [-0.05, 0) is 18.2 Å². The molecule has 0 aromatic heterocycles. The van der Waals surface area contributed by atoms with Crippen molar-refractivity contribution in [2.75, 3.05) is 5.32 Å². The number of amidine groups is 1. The number of halogens is 3. The molecule has 11 heteroatoms. The maximum atomic E-state index is 12.6. The van der Waals surface area contributed by atoms with Crippen molar-refractivity contribution >= 4 is 40.3 Å². The standard InChI is InChI=1S/C14H13F3N4O3S/c1-7(22)20-21-13-19-12(24)10(25-13)6-11(23)18-9-4-2-3-8(5-9)14(15,16)17/h2-5,10H,6H2,1H3,(H,18,23)(H,20,22)(H,19,21,24)/t10-/m0/s1. The predicted octanol–water partition coefficient (Wildman–Crippen LogP) is 1.67. The number of alkyl halides is 3. The summed E-state index contributed by atoms with van der Waals surface area (Å²) in [6.07, 6.45) is -4.77. The topological polar surface area (TPSA) is 99.7 Å². The van der Waals surface area contributed by atoms with E-state index in [-0.39, 0.29) is 17.3 Å². The Labute approximate surface area is 144 Å². The van der Waals surface area contributed by atoms with Crippen LogP contribution in [0.2, 0.25) is 0 Å². The Morgan fingerprint density at radius 3 is 2.72 bits per heavy atom. The molecule has 3 N–H and O–H groups in total. The number of thioether (sulfide) groups is 1. The first-order chi connectivity index (χ1) is 11.6. The fraction of sp³-hybridized carbons (Fsp3) is 0.286. The molecule has 134 valence electrons. The maximum Gasteiger partial charge on any atom is 0.416 e. The second-order valence-corrected chi connectivity index (χ2v) is 6.20. The van der Waals surface area contributed by atoms with Gasteiger partial charge in [0, 0.05) is 19.0 Å². The highest BCUT2D eigenvalue weighted by Gasteiger charge is 2.33. The van der Waals surface area contributed by atoms with Gasteiger partial charge in [-0.1, -0.05) is 17.8 Å². The first-order valence-corrected chi connectivity index (χ1v) is 7.82. The number of hydrogen-bond acceptors (Lipinski definition) is 5. The van der Waals surface area contributed by atoms with Gasteiger partial charge in [0.05, 0.1) is 5.56 Å². The number of benzene rings is 1. The van der Waals surface area contributed by atoms with Crippen molar-refractivity contribution < 1.29 is 27.6 Å². The van der Waals surface area contributed by atoms with Gasteiger partial charge in [-0.2, -0.15) is 13.2 Å². The van der Waals surface area contributed by atoms with Crippen molar-refractivity contribution in [2.45, 2.75) is 24.8 Å². The highest BCUT2D eigenvalue weighted by molar-refractivity contribution is 8.15. The molecule has 1 atom stereocenters. The van der Waals surface area contributed by atoms with Crippen molar-refractivity contribution in [3.8, 4) is 0 Å². The van der Waals surface area contributed by atoms with Gasteiger partial charge in [-0.25, -0.2) is 5.43 Å². The lowest BCUT2D eigenvalue weighted by molar-refractivity contribution is -0.137. The molecule has 0 radical (unpaired) electrons. The molecule has 7 nitrogen and oxygen atoms in total. The summed E-state index contributed by atoms with van der Waals surface area (Å²) in [5.41, 5.74) is 1.24. The molecule has 0 saturated carbocycles. The van der Waals surface area contributed by atoms with Gasteiger partial charge in [0.25, 0.3) is 0 Å². The summed E-state index contributed by atoms with van der Waals surface area (Å²) < 4.78 is 37.9. The van der Waals surface area contributed by atoms with Crippen LogP contribution >= 0.6 is 11.8 Å². The lowest BCUT2D eigenvalue weighted by Gasteiger charge is -2.10. The van der Waals surface area contributed by atoms with Gasteiger partial charge in [-0.15, -0.1) is 5.10 Å². The van der Waals surface area contributed by atoms with Crippen molar-refractivity contribution in [3.05, 3.63) is 29.8 Å². The minimum atomic E-state index is -4.52.